The summed E-state index contributed by atoms with van der Waals surface area (Å²) in [6, 6.07) is 18.8. The van der Waals surface area contributed by atoms with Gasteiger partial charge in [0.1, 0.15) is 11.1 Å². The van der Waals surface area contributed by atoms with Crippen LogP contribution in [0.2, 0.25) is 0 Å². The average Bonchev–Trinajstić information content (AvgIpc) is 3.35. The van der Waals surface area contributed by atoms with E-state index in [1.54, 1.807) is 30.2 Å². The first-order valence-corrected chi connectivity index (χ1v) is 10.1. The Kier molecular flexibility index (Phi) is 5.21. The number of anilines is 1. The lowest BCUT2D eigenvalue weighted by atomic mass is 10.1. The second-order valence-electron chi connectivity index (χ2n) is 6.71. The molecule has 1 aromatic heterocycles. The van der Waals surface area contributed by atoms with Gasteiger partial charge in [-0.1, -0.05) is 29.8 Å². The molecule has 3 aromatic rings. The van der Waals surface area contributed by atoms with Gasteiger partial charge in [-0.2, -0.15) is 0 Å². The van der Waals surface area contributed by atoms with Gasteiger partial charge in [0.2, 0.25) is 5.91 Å². The van der Waals surface area contributed by atoms with Crippen molar-refractivity contribution in [3.05, 3.63) is 89.4 Å². The maximum Gasteiger partial charge on any atom is 0.255 e. The van der Waals surface area contributed by atoms with Crippen molar-refractivity contribution >= 4 is 29.3 Å². The van der Waals surface area contributed by atoms with E-state index in [0.717, 1.165) is 22.6 Å². The smallest absolute Gasteiger partial charge is 0.255 e. The molecule has 28 heavy (non-hydrogen) atoms. The van der Waals surface area contributed by atoms with Crippen LogP contribution in [0.25, 0.3) is 0 Å². The molecule has 2 aromatic carbocycles. The van der Waals surface area contributed by atoms with E-state index in [2.05, 4.69) is 5.32 Å². The number of nitrogens with one attached hydrogen (secondary N) is 1. The van der Waals surface area contributed by atoms with Gasteiger partial charge in [0.25, 0.3) is 5.91 Å². The van der Waals surface area contributed by atoms with Crippen LogP contribution in [0.15, 0.2) is 71.3 Å². The molecule has 0 unspecified atom stereocenters. The van der Waals surface area contributed by atoms with E-state index in [1.165, 1.54) is 0 Å². The van der Waals surface area contributed by atoms with Gasteiger partial charge in [-0.3, -0.25) is 9.59 Å². The Morgan fingerprint density at radius 3 is 2.57 bits per heavy atom. The van der Waals surface area contributed by atoms with Crippen LogP contribution in [0.3, 0.4) is 0 Å². The number of nitrogens with zero attached hydrogens (tertiary/aromatic N) is 1. The highest BCUT2D eigenvalue weighted by Crippen LogP contribution is 2.39. The lowest BCUT2D eigenvalue weighted by Gasteiger charge is -2.23. The third-order valence-electron chi connectivity index (χ3n) is 4.64. The van der Waals surface area contributed by atoms with Gasteiger partial charge in [-0.25, -0.2) is 0 Å². The molecule has 1 fully saturated rings. The molecule has 1 N–H and O–H groups in total. The number of carbonyl (C=O) groups excluding carboxylic acids is 2. The number of hydrogen-bond donors (Lipinski definition) is 1. The van der Waals surface area contributed by atoms with Crippen molar-refractivity contribution in [3.63, 3.8) is 0 Å². The van der Waals surface area contributed by atoms with E-state index in [1.807, 2.05) is 60.4 Å². The van der Waals surface area contributed by atoms with Gasteiger partial charge >= 0.3 is 0 Å². The van der Waals surface area contributed by atoms with E-state index in [9.17, 15) is 9.59 Å². The first kappa shape index (κ1) is 18.4. The van der Waals surface area contributed by atoms with Crippen LogP contribution in [0, 0.1) is 6.92 Å². The standard InChI is InChI=1S/C22H20N2O3S/c1-15-4-10-18(11-5-15)23-21(26)16-6-8-17(9-7-16)22-24(20(25)14-28-22)13-19-3-2-12-27-19/h2-12,22H,13-14H2,1H3,(H,23,26)/t22-/m1/s1. The molecule has 1 atom stereocenters. The summed E-state index contributed by atoms with van der Waals surface area (Å²) in [6.07, 6.45) is 1.61. The number of amides is 2. The van der Waals surface area contributed by atoms with Gasteiger partial charge in [-0.15, -0.1) is 11.8 Å². The molecule has 2 heterocycles. The predicted molar refractivity (Wildman–Crippen MR) is 110 cm³/mol. The van der Waals surface area contributed by atoms with Crippen LogP contribution in [-0.4, -0.2) is 22.5 Å². The molecule has 4 rings (SSSR count). The van der Waals surface area contributed by atoms with Crippen molar-refractivity contribution in [3.8, 4) is 0 Å². The van der Waals surface area contributed by atoms with Crippen LogP contribution in [-0.2, 0) is 11.3 Å². The van der Waals surface area contributed by atoms with E-state index in [-0.39, 0.29) is 17.2 Å². The fraction of sp³-hybridized carbons (Fsp3) is 0.182. The summed E-state index contributed by atoms with van der Waals surface area (Å²) in [5, 5.41) is 2.82. The Morgan fingerprint density at radius 2 is 1.89 bits per heavy atom. The highest BCUT2D eigenvalue weighted by molar-refractivity contribution is 8.00. The van der Waals surface area contributed by atoms with Crippen molar-refractivity contribution < 1.29 is 14.0 Å². The van der Waals surface area contributed by atoms with Crippen LogP contribution in [0.1, 0.15) is 32.6 Å². The van der Waals surface area contributed by atoms with Crippen LogP contribution >= 0.6 is 11.8 Å². The molecule has 0 spiro atoms. The lowest BCUT2D eigenvalue weighted by Crippen LogP contribution is -2.27. The minimum Gasteiger partial charge on any atom is -0.467 e. The Labute approximate surface area is 167 Å². The molecule has 0 aliphatic carbocycles. The highest BCUT2D eigenvalue weighted by Gasteiger charge is 2.33. The number of furan rings is 1. The summed E-state index contributed by atoms with van der Waals surface area (Å²) in [4.78, 5) is 26.6. The van der Waals surface area contributed by atoms with Crippen molar-refractivity contribution in [2.75, 3.05) is 11.1 Å². The second-order valence-corrected chi connectivity index (χ2v) is 7.78. The molecule has 1 saturated heterocycles. The average molecular weight is 392 g/mol. The second kappa shape index (κ2) is 7.94. The molecule has 0 radical (unpaired) electrons. The molecule has 0 saturated carbocycles. The first-order valence-electron chi connectivity index (χ1n) is 9.01. The van der Waals surface area contributed by atoms with Gasteiger partial charge < -0.3 is 14.6 Å². The Bertz CT molecular complexity index is 966. The predicted octanol–water partition coefficient (Wildman–Crippen LogP) is 4.61. The summed E-state index contributed by atoms with van der Waals surface area (Å²) >= 11 is 1.59. The van der Waals surface area contributed by atoms with Gasteiger partial charge in [0.15, 0.2) is 0 Å². The normalized spacial score (nSPS) is 16.4. The summed E-state index contributed by atoms with van der Waals surface area (Å²) in [5.41, 5.74) is 3.48. The number of thioether (sulfide) groups is 1. The summed E-state index contributed by atoms with van der Waals surface area (Å²) in [6.45, 7) is 2.45. The molecular formula is C22H20N2O3S. The minimum absolute atomic E-state index is 0.0770. The van der Waals surface area contributed by atoms with Crippen LogP contribution in [0.5, 0.6) is 0 Å². The molecule has 0 bridgehead atoms. The zero-order chi connectivity index (χ0) is 19.5. The van der Waals surface area contributed by atoms with Crippen molar-refractivity contribution in [1.29, 1.82) is 0 Å². The molecule has 6 heteroatoms. The molecule has 142 valence electrons. The zero-order valence-electron chi connectivity index (χ0n) is 15.4. The fourth-order valence-electron chi connectivity index (χ4n) is 3.11. The molecule has 1 aliphatic rings. The van der Waals surface area contributed by atoms with Crippen molar-refractivity contribution in [2.24, 2.45) is 0 Å². The monoisotopic (exact) mass is 392 g/mol. The van der Waals surface area contributed by atoms with Crippen LogP contribution in [0.4, 0.5) is 5.69 Å². The third kappa shape index (κ3) is 3.97. The van der Waals surface area contributed by atoms with Crippen LogP contribution < -0.4 is 5.32 Å². The largest absolute Gasteiger partial charge is 0.467 e. The maximum absolute atomic E-state index is 12.5. The van der Waals surface area contributed by atoms with Gasteiger partial charge in [0, 0.05) is 11.3 Å². The lowest BCUT2D eigenvalue weighted by molar-refractivity contribution is -0.128. The van der Waals surface area contributed by atoms with E-state index in [4.69, 9.17) is 4.42 Å². The highest BCUT2D eigenvalue weighted by atomic mass is 32.2. The van der Waals surface area contributed by atoms with Crippen molar-refractivity contribution in [1.82, 2.24) is 4.90 Å². The number of aryl methyl sites for hydroxylation is 1. The van der Waals surface area contributed by atoms with Gasteiger partial charge in [-0.05, 0) is 48.9 Å². The van der Waals surface area contributed by atoms with Crippen molar-refractivity contribution in [2.45, 2.75) is 18.8 Å². The third-order valence-corrected chi connectivity index (χ3v) is 5.90. The summed E-state index contributed by atoms with van der Waals surface area (Å²) < 4.78 is 5.39. The maximum atomic E-state index is 12.5. The number of benzene rings is 2. The van der Waals surface area contributed by atoms with E-state index >= 15 is 0 Å². The SMILES string of the molecule is Cc1ccc(NC(=O)c2ccc([C@H]3SCC(=O)N3Cc3ccco3)cc2)cc1. The Balaban J connectivity index is 1.46. The zero-order valence-corrected chi connectivity index (χ0v) is 16.2. The minimum atomic E-state index is -0.155. The van der Waals surface area contributed by atoms with Gasteiger partial charge in [0.05, 0.1) is 18.6 Å². The van der Waals surface area contributed by atoms with E-state index in [0.29, 0.717) is 17.9 Å². The first-order chi connectivity index (χ1) is 13.6. The number of hydrogen-bond acceptors (Lipinski definition) is 4. The molecule has 1 aliphatic heterocycles. The molecule has 2 amide bonds. The number of carbonyl (C=O) groups is 2. The summed E-state index contributed by atoms with van der Waals surface area (Å²) in [7, 11) is 0. The summed E-state index contributed by atoms with van der Waals surface area (Å²) in [5.74, 6) is 1.14. The topological polar surface area (TPSA) is 62.6 Å². The Morgan fingerprint density at radius 1 is 1.14 bits per heavy atom. The van der Waals surface area contributed by atoms with E-state index < -0.39 is 0 Å². The Hall–Kier alpha value is -2.99. The quantitative estimate of drug-likeness (QED) is 0.688. The fourth-order valence-corrected chi connectivity index (χ4v) is 4.30. The molecular weight excluding hydrogens is 372 g/mol. The molecule has 5 nitrogen and oxygen atoms in total. The number of rotatable bonds is 5.